The van der Waals surface area contributed by atoms with Crippen molar-refractivity contribution in [2.75, 3.05) is 7.05 Å². The molecule has 0 unspecified atom stereocenters. The van der Waals surface area contributed by atoms with E-state index < -0.39 is 0 Å². The minimum absolute atomic E-state index is 0.873. The molecular weight excluding hydrogens is 244 g/mol. The Morgan fingerprint density at radius 3 is 2.70 bits per heavy atom. The second-order valence-electron chi connectivity index (χ2n) is 5.32. The molecule has 0 amide bonds. The fourth-order valence-electron chi connectivity index (χ4n) is 2.25. The number of nitrogens with zero attached hydrogens (tertiary/aromatic N) is 2. The summed E-state index contributed by atoms with van der Waals surface area (Å²) in [7, 11) is 2.12. The van der Waals surface area contributed by atoms with Gasteiger partial charge in [-0.1, -0.05) is 31.5 Å². The van der Waals surface area contributed by atoms with Crippen LogP contribution in [0.25, 0.3) is 0 Å². The molecule has 0 aliphatic heterocycles. The monoisotopic (exact) mass is 267 g/mol. The average molecular weight is 267 g/mol. The summed E-state index contributed by atoms with van der Waals surface area (Å²) in [5, 5.41) is 0. The van der Waals surface area contributed by atoms with Crippen molar-refractivity contribution in [2.45, 2.75) is 39.3 Å². The molecule has 1 heterocycles. The van der Waals surface area contributed by atoms with Gasteiger partial charge in [0.15, 0.2) is 0 Å². The first-order valence-electron chi connectivity index (χ1n) is 7.36. The highest BCUT2D eigenvalue weighted by Gasteiger charge is 2.03. The molecule has 0 saturated heterocycles. The second kappa shape index (κ2) is 7.81. The molecule has 20 heavy (non-hydrogen) atoms. The van der Waals surface area contributed by atoms with Crippen LogP contribution in [-0.2, 0) is 19.5 Å². The van der Waals surface area contributed by atoms with E-state index in [4.69, 9.17) is 0 Å². The van der Waals surface area contributed by atoms with Gasteiger partial charge >= 0.3 is 0 Å². The van der Waals surface area contributed by atoms with Crippen LogP contribution in [0.1, 0.15) is 36.6 Å². The van der Waals surface area contributed by atoms with Crippen LogP contribution in [0.4, 0.5) is 0 Å². The first-order chi connectivity index (χ1) is 9.78. The van der Waals surface area contributed by atoms with E-state index in [9.17, 15) is 0 Å². The molecule has 0 aliphatic rings. The Labute approximate surface area is 122 Å². The highest BCUT2D eigenvalue weighted by atomic mass is 15.1. The first-order valence-corrected chi connectivity index (χ1v) is 7.36. The minimum Gasteiger partial charge on any atom is -0.296 e. The highest BCUT2D eigenvalue weighted by Crippen LogP contribution is 2.10. The zero-order chi connectivity index (χ0) is 14.2. The zero-order valence-electron chi connectivity index (χ0n) is 12.5. The Morgan fingerprint density at radius 2 is 2.05 bits per heavy atom. The van der Waals surface area contributed by atoms with E-state index >= 15 is 0 Å². The lowest BCUT2D eigenvalue weighted by Crippen LogP contribution is -2.17. The van der Waals surface area contributed by atoms with Crippen LogP contribution < -0.4 is 0 Å². The van der Waals surface area contributed by atoms with Gasteiger partial charge in [-0.25, -0.2) is 0 Å². The number of hydrogen-bond acceptors (Lipinski definition) is 2. The van der Waals surface area contributed by atoms with E-state index in [1.807, 2.05) is 18.3 Å². The fourth-order valence-corrected chi connectivity index (χ4v) is 2.25. The lowest BCUT2D eigenvalue weighted by Gasteiger charge is -2.16. The normalized spacial score (nSPS) is 10.9. The van der Waals surface area contributed by atoms with Crippen molar-refractivity contribution >= 4 is 0 Å². The minimum atomic E-state index is 0.873. The maximum absolute atomic E-state index is 4.36. The molecule has 0 bridgehead atoms. The number of benzene rings is 1. The topological polar surface area (TPSA) is 16.1 Å². The van der Waals surface area contributed by atoms with Crippen LogP contribution in [0, 0.1) is 6.07 Å². The van der Waals surface area contributed by atoms with Gasteiger partial charge in [0.25, 0.3) is 0 Å². The Hall–Kier alpha value is -1.67. The molecule has 0 aliphatic carbocycles. The van der Waals surface area contributed by atoms with Gasteiger partial charge in [-0.05, 0) is 55.3 Å². The second-order valence-corrected chi connectivity index (χ2v) is 5.32. The Kier molecular flexibility index (Phi) is 5.75. The summed E-state index contributed by atoms with van der Waals surface area (Å²) >= 11 is 0. The van der Waals surface area contributed by atoms with Crippen LogP contribution in [0.15, 0.2) is 42.6 Å². The SMILES string of the molecule is CCCCc1[c]cc(CN(C)Cc2ccccn2)cc1. The first kappa shape index (κ1) is 14.7. The van der Waals surface area contributed by atoms with Crippen LogP contribution in [0.3, 0.4) is 0 Å². The number of pyridine rings is 1. The predicted octanol–water partition coefficient (Wildman–Crippen LogP) is 3.86. The van der Waals surface area contributed by atoms with Crippen molar-refractivity contribution < 1.29 is 0 Å². The van der Waals surface area contributed by atoms with E-state index in [-0.39, 0.29) is 0 Å². The molecule has 0 atom stereocenters. The molecule has 0 saturated carbocycles. The van der Waals surface area contributed by atoms with Gasteiger partial charge in [0.1, 0.15) is 0 Å². The molecule has 0 fully saturated rings. The summed E-state index contributed by atoms with van der Waals surface area (Å²) in [6, 6.07) is 16.0. The van der Waals surface area contributed by atoms with Crippen molar-refractivity contribution in [1.82, 2.24) is 9.88 Å². The number of aryl methyl sites for hydroxylation is 1. The van der Waals surface area contributed by atoms with Crippen molar-refractivity contribution in [1.29, 1.82) is 0 Å². The van der Waals surface area contributed by atoms with Crippen LogP contribution in [0.5, 0.6) is 0 Å². The summed E-state index contributed by atoms with van der Waals surface area (Å²) in [6.45, 7) is 4.03. The van der Waals surface area contributed by atoms with Gasteiger partial charge in [0, 0.05) is 19.3 Å². The lowest BCUT2D eigenvalue weighted by molar-refractivity contribution is 0.315. The third kappa shape index (κ3) is 4.78. The summed E-state index contributed by atoms with van der Waals surface area (Å²) in [5.74, 6) is 0. The summed E-state index contributed by atoms with van der Waals surface area (Å²) in [6.07, 6.45) is 5.47. The van der Waals surface area contributed by atoms with Gasteiger partial charge in [-0.3, -0.25) is 9.88 Å². The number of rotatable bonds is 7. The maximum Gasteiger partial charge on any atom is 0.0543 e. The predicted molar refractivity (Wildman–Crippen MR) is 83.3 cm³/mol. The van der Waals surface area contributed by atoms with Crippen molar-refractivity contribution in [2.24, 2.45) is 0 Å². The molecule has 0 spiro atoms. The van der Waals surface area contributed by atoms with Crippen molar-refractivity contribution in [3.05, 3.63) is 65.5 Å². The molecule has 1 radical (unpaired) electrons. The van der Waals surface area contributed by atoms with Crippen LogP contribution in [-0.4, -0.2) is 16.9 Å². The fraction of sp³-hybridized carbons (Fsp3) is 0.389. The molecular formula is C18H23N2. The van der Waals surface area contributed by atoms with E-state index in [0.29, 0.717) is 0 Å². The standard InChI is InChI=1S/C18H23N2/c1-3-4-7-16-9-11-17(12-10-16)14-20(2)15-18-8-5-6-13-19-18/h5-6,8-9,11-13H,3-4,7,14-15H2,1-2H3. The maximum atomic E-state index is 4.36. The molecule has 2 nitrogen and oxygen atoms in total. The molecule has 1 aromatic carbocycles. The summed E-state index contributed by atoms with van der Waals surface area (Å²) in [4.78, 5) is 6.63. The number of unbranched alkanes of at least 4 members (excludes halogenated alkanes) is 1. The van der Waals surface area contributed by atoms with E-state index in [1.54, 1.807) is 0 Å². The number of aromatic nitrogens is 1. The van der Waals surface area contributed by atoms with Gasteiger partial charge in [-0.15, -0.1) is 0 Å². The van der Waals surface area contributed by atoms with E-state index in [0.717, 1.165) is 25.2 Å². The molecule has 2 heteroatoms. The quantitative estimate of drug-likeness (QED) is 0.757. The largest absolute Gasteiger partial charge is 0.296 e. The van der Waals surface area contributed by atoms with Crippen molar-refractivity contribution in [3.8, 4) is 0 Å². The van der Waals surface area contributed by atoms with E-state index in [2.05, 4.69) is 54.2 Å². The van der Waals surface area contributed by atoms with Gasteiger partial charge in [0.05, 0.1) is 5.69 Å². The molecule has 105 valence electrons. The number of hydrogen-bond donors (Lipinski definition) is 0. The van der Waals surface area contributed by atoms with Gasteiger partial charge < -0.3 is 0 Å². The Bertz CT molecular complexity index is 491. The van der Waals surface area contributed by atoms with Gasteiger partial charge in [-0.2, -0.15) is 0 Å². The lowest BCUT2D eigenvalue weighted by atomic mass is 10.1. The summed E-state index contributed by atoms with van der Waals surface area (Å²) in [5.41, 5.74) is 3.74. The highest BCUT2D eigenvalue weighted by molar-refractivity contribution is 5.21. The third-order valence-electron chi connectivity index (χ3n) is 3.35. The molecule has 2 aromatic rings. The third-order valence-corrected chi connectivity index (χ3v) is 3.35. The zero-order valence-corrected chi connectivity index (χ0v) is 12.5. The van der Waals surface area contributed by atoms with E-state index in [1.165, 1.54) is 24.0 Å². The summed E-state index contributed by atoms with van der Waals surface area (Å²) < 4.78 is 0. The van der Waals surface area contributed by atoms with Crippen LogP contribution >= 0.6 is 0 Å². The van der Waals surface area contributed by atoms with Crippen LogP contribution in [0.2, 0.25) is 0 Å². The smallest absolute Gasteiger partial charge is 0.0543 e. The molecule has 2 rings (SSSR count). The Balaban J connectivity index is 1.86. The molecule has 0 N–H and O–H groups in total. The van der Waals surface area contributed by atoms with Gasteiger partial charge in [0.2, 0.25) is 0 Å². The average Bonchev–Trinajstić information content (AvgIpc) is 2.47. The molecule has 1 aromatic heterocycles. The van der Waals surface area contributed by atoms with Crippen molar-refractivity contribution in [3.63, 3.8) is 0 Å². The Morgan fingerprint density at radius 1 is 1.15 bits per heavy atom.